The molecule has 0 radical (unpaired) electrons. The third kappa shape index (κ3) is 6.44. The molecular weight excluding hydrogens is 581 g/mol. The lowest BCUT2D eigenvalue weighted by Crippen LogP contribution is -2.45. The number of fused-ring (bicyclic) bond motifs is 1. The highest BCUT2D eigenvalue weighted by molar-refractivity contribution is 7.10. The van der Waals surface area contributed by atoms with E-state index in [2.05, 4.69) is 25.9 Å². The van der Waals surface area contributed by atoms with E-state index in [1.165, 1.54) is 12.1 Å². The van der Waals surface area contributed by atoms with Crippen LogP contribution in [-0.4, -0.2) is 72.5 Å². The lowest BCUT2D eigenvalue weighted by atomic mass is 9.86. The van der Waals surface area contributed by atoms with Crippen LogP contribution in [-0.2, 0) is 14.3 Å². The van der Waals surface area contributed by atoms with Crippen molar-refractivity contribution in [2.75, 3.05) is 50.1 Å². The number of amides is 2. The molecule has 2 atom stereocenters. The molecule has 9 nitrogen and oxygen atoms in total. The number of ether oxygens (including phenoxy) is 1. The Balaban J connectivity index is 1.12. The second kappa shape index (κ2) is 12.4. The van der Waals surface area contributed by atoms with E-state index in [-0.39, 0.29) is 37.3 Å². The van der Waals surface area contributed by atoms with E-state index >= 15 is 0 Å². The number of likely N-dealkylation sites (tertiary alicyclic amines) is 1. The zero-order valence-corrected chi connectivity index (χ0v) is 24.0. The summed E-state index contributed by atoms with van der Waals surface area (Å²) in [6, 6.07) is 11.2. The van der Waals surface area contributed by atoms with Gasteiger partial charge in [-0.25, -0.2) is 14.8 Å². The fourth-order valence-corrected chi connectivity index (χ4v) is 6.56. The van der Waals surface area contributed by atoms with Gasteiger partial charge < -0.3 is 20.4 Å². The molecule has 0 saturated carbocycles. The number of carbonyl (C=O) groups excluding carboxylic acids is 2. The summed E-state index contributed by atoms with van der Waals surface area (Å²) >= 11 is 1.57. The first-order valence-electron chi connectivity index (χ1n) is 14.0. The molecule has 1 saturated heterocycles. The molecule has 3 aliphatic heterocycles. The Bertz CT molecular complexity index is 1500. The molecule has 0 aliphatic carbocycles. The van der Waals surface area contributed by atoms with E-state index in [1.54, 1.807) is 52.8 Å². The Kier molecular flexibility index (Phi) is 8.48. The molecule has 4 heterocycles. The van der Waals surface area contributed by atoms with Crippen LogP contribution in [0.1, 0.15) is 35.0 Å². The molecule has 3 N–H and O–H groups in total. The van der Waals surface area contributed by atoms with Crippen LogP contribution in [0.2, 0.25) is 0 Å². The molecular formula is C30H31F3N6O3S. The van der Waals surface area contributed by atoms with E-state index in [9.17, 15) is 22.8 Å². The fraction of sp³-hybridized carbons (Fsp3) is 0.367. The summed E-state index contributed by atoms with van der Waals surface area (Å²) in [6.07, 6.45) is 4.75. The summed E-state index contributed by atoms with van der Waals surface area (Å²) in [5.74, 6) is -0.867. The molecule has 1 fully saturated rings. The maximum Gasteiger partial charge on any atom is 0.345 e. The summed E-state index contributed by atoms with van der Waals surface area (Å²) in [6.45, 7) is -1.87. The summed E-state index contributed by atoms with van der Waals surface area (Å²) in [5.41, 5.74) is 9.08. The van der Waals surface area contributed by atoms with Gasteiger partial charge in [0.1, 0.15) is 10.8 Å². The third-order valence-electron chi connectivity index (χ3n) is 8.20. The maximum atomic E-state index is 13.7. The molecule has 2 unspecified atom stereocenters. The van der Waals surface area contributed by atoms with Crippen molar-refractivity contribution in [3.05, 3.63) is 82.1 Å². The van der Waals surface area contributed by atoms with Gasteiger partial charge in [-0.05, 0) is 60.9 Å². The predicted octanol–water partition coefficient (Wildman–Crippen LogP) is 4.49. The largest absolute Gasteiger partial charge is 0.345 e. The third-order valence-corrected chi connectivity index (χ3v) is 9.05. The lowest BCUT2D eigenvalue weighted by molar-refractivity contribution is -0.159. The smallest absolute Gasteiger partial charge is 0.338 e. The first-order valence-corrected chi connectivity index (χ1v) is 14.9. The van der Waals surface area contributed by atoms with Gasteiger partial charge in [0.15, 0.2) is 0 Å². The van der Waals surface area contributed by atoms with E-state index < -0.39 is 24.5 Å². The van der Waals surface area contributed by atoms with Gasteiger partial charge >= 0.3 is 6.61 Å². The predicted molar refractivity (Wildman–Crippen MR) is 157 cm³/mol. The molecule has 6 rings (SSSR count). The van der Waals surface area contributed by atoms with Crippen LogP contribution < -0.4 is 16.2 Å². The number of hydrogen-bond acceptors (Lipinski definition) is 8. The van der Waals surface area contributed by atoms with E-state index in [0.29, 0.717) is 31.7 Å². The Morgan fingerprint density at radius 2 is 2.02 bits per heavy atom. The Morgan fingerprint density at radius 3 is 2.74 bits per heavy atom. The summed E-state index contributed by atoms with van der Waals surface area (Å²) in [7, 11) is 0. The molecule has 3 aliphatic rings. The second-order valence-electron chi connectivity index (χ2n) is 11.0. The van der Waals surface area contributed by atoms with Crippen molar-refractivity contribution in [3.63, 3.8) is 0 Å². The first-order chi connectivity index (χ1) is 20.8. The zero-order valence-electron chi connectivity index (χ0n) is 23.2. The molecule has 3 aromatic rings. The van der Waals surface area contributed by atoms with Gasteiger partial charge in [0.25, 0.3) is 0 Å². The standard InChI is InChI=1S/C30H31F3N6O3S/c31-21-3-1-19(2-4-21)26-23-15-22(5-6-24(23)36-37-26)35-28(41)30(18-42-29(32)33)9-13-38(17-30)16-25(40)39-11-7-20(8-12-39)27-34-10-14-43-27/h1-7,10,14-15,26,29,36-37H,8-9,11-13,16-18H2,(H,35,41). The number of aromatic nitrogens is 1. The van der Waals surface area contributed by atoms with Gasteiger partial charge in [-0.1, -0.05) is 18.2 Å². The van der Waals surface area contributed by atoms with E-state index in [4.69, 9.17) is 0 Å². The monoisotopic (exact) mass is 612 g/mol. The minimum absolute atomic E-state index is 0.0779. The molecule has 2 amide bonds. The number of thiazole rings is 1. The van der Waals surface area contributed by atoms with E-state index in [1.807, 2.05) is 16.4 Å². The van der Waals surface area contributed by atoms with Crippen molar-refractivity contribution in [2.45, 2.75) is 25.5 Å². The number of nitrogens with one attached hydrogen (secondary N) is 3. The highest BCUT2D eigenvalue weighted by atomic mass is 32.1. The molecule has 13 heteroatoms. The van der Waals surface area contributed by atoms with Crippen LogP contribution in [0.5, 0.6) is 0 Å². The highest BCUT2D eigenvalue weighted by Crippen LogP contribution is 2.37. The van der Waals surface area contributed by atoms with Gasteiger partial charge in [-0.3, -0.25) is 14.5 Å². The van der Waals surface area contributed by atoms with Crippen LogP contribution in [0.3, 0.4) is 0 Å². The fourth-order valence-electron chi connectivity index (χ4n) is 5.85. The van der Waals surface area contributed by atoms with Gasteiger partial charge in [0.05, 0.1) is 30.3 Å². The van der Waals surface area contributed by atoms with Gasteiger partial charge in [0, 0.05) is 42.5 Å². The minimum Gasteiger partial charge on any atom is -0.338 e. The quantitative estimate of drug-likeness (QED) is 0.328. The van der Waals surface area contributed by atoms with Crippen LogP contribution in [0.15, 0.2) is 60.1 Å². The molecule has 226 valence electrons. The Hall–Kier alpha value is -3.78. The van der Waals surface area contributed by atoms with Gasteiger partial charge in [0.2, 0.25) is 11.8 Å². The number of rotatable bonds is 9. The number of alkyl halides is 2. The number of carbonyl (C=O) groups is 2. The number of halogens is 3. The Labute approximate surface area is 250 Å². The number of nitrogens with zero attached hydrogens (tertiary/aromatic N) is 3. The van der Waals surface area contributed by atoms with E-state index in [0.717, 1.165) is 27.4 Å². The van der Waals surface area contributed by atoms with Crippen LogP contribution >= 0.6 is 11.3 Å². The lowest BCUT2D eigenvalue weighted by Gasteiger charge is -2.30. The SMILES string of the molecule is O=C(CN1CCC(COC(F)F)(C(=O)Nc2ccc3c(c2)C(c2ccc(F)cc2)NN3)C1)N1CC=C(c2nccs2)CC1. The van der Waals surface area contributed by atoms with Gasteiger partial charge in [-0.2, -0.15) is 8.78 Å². The number of hydrogen-bond donors (Lipinski definition) is 3. The Morgan fingerprint density at radius 1 is 1.19 bits per heavy atom. The minimum atomic E-state index is -3.03. The maximum absolute atomic E-state index is 13.7. The van der Waals surface area contributed by atoms with Crippen molar-refractivity contribution in [1.29, 1.82) is 0 Å². The number of anilines is 2. The molecule has 0 spiro atoms. The average Bonchev–Trinajstić information content (AvgIpc) is 3.78. The van der Waals surface area contributed by atoms with Crippen LogP contribution in [0, 0.1) is 11.2 Å². The highest BCUT2D eigenvalue weighted by Gasteiger charge is 2.46. The van der Waals surface area contributed by atoms with Crippen LogP contribution in [0.25, 0.3) is 5.57 Å². The summed E-state index contributed by atoms with van der Waals surface area (Å²) in [4.78, 5) is 34.7. The summed E-state index contributed by atoms with van der Waals surface area (Å²) in [5, 5.41) is 5.78. The molecule has 0 bridgehead atoms. The van der Waals surface area contributed by atoms with Crippen molar-refractivity contribution in [1.82, 2.24) is 20.2 Å². The van der Waals surface area contributed by atoms with Crippen LogP contribution in [0.4, 0.5) is 24.5 Å². The molecule has 2 aromatic carbocycles. The molecule has 43 heavy (non-hydrogen) atoms. The molecule has 1 aromatic heterocycles. The van der Waals surface area contributed by atoms with Gasteiger partial charge in [-0.15, -0.1) is 11.3 Å². The van der Waals surface area contributed by atoms with Crippen molar-refractivity contribution in [3.8, 4) is 0 Å². The second-order valence-corrected chi connectivity index (χ2v) is 11.9. The van der Waals surface area contributed by atoms with Crippen molar-refractivity contribution < 1.29 is 27.5 Å². The average molecular weight is 613 g/mol. The topological polar surface area (TPSA) is 98.8 Å². The first kappa shape index (κ1) is 29.3. The zero-order chi connectivity index (χ0) is 30.0. The number of benzene rings is 2. The van der Waals surface area contributed by atoms with Crippen molar-refractivity contribution in [2.24, 2.45) is 5.41 Å². The number of hydrazine groups is 1. The summed E-state index contributed by atoms with van der Waals surface area (Å²) < 4.78 is 44.4. The normalized spacial score (nSPS) is 21.9. The van der Waals surface area contributed by atoms with Crippen molar-refractivity contribution >= 4 is 40.1 Å².